The molecule has 0 fully saturated rings. The van der Waals surface area contributed by atoms with Gasteiger partial charge in [-0.1, -0.05) is 0 Å². The minimum absolute atomic E-state index is 0.476. The summed E-state index contributed by atoms with van der Waals surface area (Å²) in [6, 6.07) is 3.71. The summed E-state index contributed by atoms with van der Waals surface area (Å²) in [5.74, 6) is 6.90. The predicted molar refractivity (Wildman–Crippen MR) is 75.6 cm³/mol. The molecule has 2 N–H and O–H groups in total. The van der Waals surface area contributed by atoms with Crippen molar-refractivity contribution in [1.29, 1.82) is 0 Å². The van der Waals surface area contributed by atoms with Gasteiger partial charge in [-0.2, -0.15) is 5.10 Å². The third-order valence-corrected chi connectivity index (χ3v) is 2.48. The van der Waals surface area contributed by atoms with Crippen molar-refractivity contribution in [2.75, 3.05) is 21.3 Å². The molecule has 0 bridgehead atoms. The van der Waals surface area contributed by atoms with Crippen LogP contribution in [0.4, 0.5) is 0 Å². The summed E-state index contributed by atoms with van der Waals surface area (Å²) in [5.41, 5.74) is 1.60. The molecule has 104 valence electrons. The number of hydrogen-bond acceptors (Lipinski definition) is 6. The first-order chi connectivity index (χ1) is 9.15. The second-order valence-corrected chi connectivity index (χ2v) is 3.77. The van der Waals surface area contributed by atoms with Crippen LogP contribution in [0.2, 0.25) is 0 Å². The van der Waals surface area contributed by atoms with E-state index >= 15 is 0 Å². The van der Waals surface area contributed by atoms with Crippen LogP contribution >= 0.6 is 0 Å². The van der Waals surface area contributed by atoms with E-state index in [9.17, 15) is 0 Å². The van der Waals surface area contributed by atoms with E-state index < -0.39 is 0 Å². The van der Waals surface area contributed by atoms with E-state index in [1.807, 2.05) is 12.1 Å². The van der Waals surface area contributed by atoms with E-state index in [2.05, 4.69) is 10.1 Å². The summed E-state index contributed by atoms with van der Waals surface area (Å²) in [6.07, 6.45) is 1.61. The van der Waals surface area contributed by atoms with E-state index in [4.69, 9.17) is 20.1 Å². The molecule has 6 heteroatoms. The summed E-state index contributed by atoms with van der Waals surface area (Å²) in [7, 11) is 4.73. The van der Waals surface area contributed by atoms with Gasteiger partial charge in [0.15, 0.2) is 11.5 Å². The van der Waals surface area contributed by atoms with E-state index in [1.165, 1.54) is 0 Å². The first-order valence-electron chi connectivity index (χ1n) is 5.69. The summed E-state index contributed by atoms with van der Waals surface area (Å²) in [6.45, 7) is 2.25. The molecule has 0 aromatic heterocycles. The van der Waals surface area contributed by atoms with Gasteiger partial charge < -0.3 is 20.1 Å². The lowest BCUT2D eigenvalue weighted by molar-refractivity contribution is 0.324. The number of hydrogen-bond donors (Lipinski definition) is 1. The number of rotatable bonds is 6. The Hall–Kier alpha value is -2.24. The Labute approximate surface area is 112 Å². The van der Waals surface area contributed by atoms with Gasteiger partial charge >= 0.3 is 0 Å². The van der Waals surface area contributed by atoms with Crippen molar-refractivity contribution in [2.24, 2.45) is 15.9 Å². The smallest absolute Gasteiger partial charge is 0.203 e. The molecular formula is C13H19N3O3. The molecule has 0 radical (unpaired) electrons. The van der Waals surface area contributed by atoms with Gasteiger partial charge in [-0.25, -0.2) is 0 Å². The van der Waals surface area contributed by atoms with Gasteiger partial charge in [-0.3, -0.25) is 4.99 Å². The van der Waals surface area contributed by atoms with Gasteiger partial charge in [0.25, 0.3) is 0 Å². The zero-order chi connectivity index (χ0) is 14.3. The van der Waals surface area contributed by atoms with Crippen LogP contribution in [0, 0.1) is 0 Å². The molecule has 0 aliphatic heterocycles. The van der Waals surface area contributed by atoms with Crippen molar-refractivity contribution in [3.8, 4) is 17.2 Å². The summed E-state index contributed by atoms with van der Waals surface area (Å²) >= 11 is 0. The predicted octanol–water partition coefficient (Wildman–Crippen LogP) is 1.62. The maximum atomic E-state index is 5.27. The Morgan fingerprint density at radius 1 is 1.16 bits per heavy atom. The lowest BCUT2D eigenvalue weighted by atomic mass is 10.2. The maximum absolute atomic E-state index is 5.27. The van der Waals surface area contributed by atoms with Crippen LogP contribution in [0.25, 0.3) is 0 Å². The minimum Gasteiger partial charge on any atom is -0.493 e. The average molecular weight is 265 g/mol. The molecule has 0 unspecified atom stereocenters. The number of benzene rings is 1. The van der Waals surface area contributed by atoms with Crippen molar-refractivity contribution in [1.82, 2.24) is 0 Å². The molecule has 0 saturated heterocycles. The summed E-state index contributed by atoms with van der Waals surface area (Å²) in [5, 5.41) is 3.51. The summed E-state index contributed by atoms with van der Waals surface area (Å²) < 4.78 is 15.8. The Morgan fingerprint density at radius 3 is 2.16 bits per heavy atom. The third-order valence-electron chi connectivity index (χ3n) is 2.48. The van der Waals surface area contributed by atoms with Crippen LogP contribution in [0.1, 0.15) is 12.5 Å². The topological polar surface area (TPSA) is 78.4 Å². The van der Waals surface area contributed by atoms with Gasteiger partial charge in [0.1, 0.15) is 0 Å². The standard InChI is InChI=1S/C13H19N3O3/c1-9(16-14)7-15-8-10-5-11(17-2)13(19-4)12(6-10)18-3/h5-7H,8,14H2,1-4H3. The number of methoxy groups -OCH3 is 3. The molecule has 0 saturated carbocycles. The molecule has 19 heavy (non-hydrogen) atoms. The Morgan fingerprint density at radius 2 is 1.74 bits per heavy atom. The van der Waals surface area contributed by atoms with Crippen molar-refractivity contribution in [2.45, 2.75) is 13.5 Å². The van der Waals surface area contributed by atoms with Crippen LogP contribution in [0.5, 0.6) is 17.2 Å². The SMILES string of the molecule is COc1cc(CN=CC(C)=NN)cc(OC)c1OC. The molecule has 0 aliphatic carbocycles. The molecule has 0 atom stereocenters. The highest BCUT2D eigenvalue weighted by Crippen LogP contribution is 2.38. The van der Waals surface area contributed by atoms with E-state index in [0.29, 0.717) is 29.5 Å². The molecule has 6 nitrogen and oxygen atoms in total. The van der Waals surface area contributed by atoms with Crippen molar-refractivity contribution in [3.05, 3.63) is 17.7 Å². The fourth-order valence-electron chi connectivity index (χ4n) is 1.54. The average Bonchev–Trinajstić information content (AvgIpc) is 2.45. The molecule has 0 spiro atoms. The number of nitrogens with zero attached hydrogens (tertiary/aromatic N) is 2. The quantitative estimate of drug-likeness (QED) is 0.481. The molecular weight excluding hydrogens is 246 g/mol. The number of nitrogens with two attached hydrogens (primary N) is 1. The lowest BCUT2D eigenvalue weighted by Crippen LogP contribution is -1.99. The number of ether oxygens (including phenoxy) is 3. The lowest BCUT2D eigenvalue weighted by Gasteiger charge is -2.13. The molecule has 0 amide bonds. The first kappa shape index (κ1) is 14.8. The van der Waals surface area contributed by atoms with Crippen LogP contribution in [0.3, 0.4) is 0 Å². The highest BCUT2D eigenvalue weighted by Gasteiger charge is 2.12. The fourth-order valence-corrected chi connectivity index (χ4v) is 1.54. The largest absolute Gasteiger partial charge is 0.493 e. The zero-order valence-corrected chi connectivity index (χ0v) is 11.6. The maximum Gasteiger partial charge on any atom is 0.203 e. The second-order valence-electron chi connectivity index (χ2n) is 3.77. The van der Waals surface area contributed by atoms with E-state index in [-0.39, 0.29) is 0 Å². The molecule has 1 rings (SSSR count). The van der Waals surface area contributed by atoms with Crippen molar-refractivity contribution >= 4 is 11.9 Å². The van der Waals surface area contributed by atoms with E-state index in [1.54, 1.807) is 34.5 Å². The Balaban J connectivity index is 3.00. The fraction of sp³-hybridized carbons (Fsp3) is 0.385. The molecule has 1 aromatic rings. The van der Waals surface area contributed by atoms with Crippen LogP contribution in [0.15, 0.2) is 22.2 Å². The van der Waals surface area contributed by atoms with Crippen LogP contribution < -0.4 is 20.1 Å². The second kappa shape index (κ2) is 7.25. The van der Waals surface area contributed by atoms with Crippen molar-refractivity contribution in [3.63, 3.8) is 0 Å². The Bertz CT molecular complexity index is 459. The highest BCUT2D eigenvalue weighted by atomic mass is 16.5. The minimum atomic E-state index is 0.476. The Kier molecular flexibility index (Phi) is 5.66. The monoisotopic (exact) mass is 265 g/mol. The first-order valence-corrected chi connectivity index (χ1v) is 5.69. The van der Waals surface area contributed by atoms with Gasteiger partial charge in [0, 0.05) is 6.21 Å². The highest BCUT2D eigenvalue weighted by molar-refractivity contribution is 6.29. The van der Waals surface area contributed by atoms with Crippen LogP contribution in [-0.4, -0.2) is 33.3 Å². The number of aliphatic imine (C=N–C) groups is 1. The van der Waals surface area contributed by atoms with E-state index in [0.717, 1.165) is 5.56 Å². The van der Waals surface area contributed by atoms with Gasteiger partial charge in [-0.05, 0) is 24.6 Å². The molecule has 0 aliphatic rings. The zero-order valence-electron chi connectivity index (χ0n) is 11.6. The normalized spacial score (nSPS) is 11.7. The summed E-state index contributed by atoms with van der Waals surface area (Å²) in [4.78, 5) is 4.23. The third kappa shape index (κ3) is 3.87. The molecule has 0 heterocycles. The molecule has 1 aromatic carbocycles. The van der Waals surface area contributed by atoms with Gasteiger partial charge in [-0.15, -0.1) is 0 Å². The number of hydrazone groups is 1. The van der Waals surface area contributed by atoms with Crippen molar-refractivity contribution < 1.29 is 14.2 Å². The van der Waals surface area contributed by atoms with Gasteiger partial charge in [0.05, 0.1) is 33.6 Å². The van der Waals surface area contributed by atoms with Crippen LogP contribution in [-0.2, 0) is 6.54 Å². The van der Waals surface area contributed by atoms with Gasteiger partial charge in [0.2, 0.25) is 5.75 Å².